The third-order valence-corrected chi connectivity index (χ3v) is 5.78. The van der Waals surface area contributed by atoms with Gasteiger partial charge in [-0.2, -0.15) is 4.31 Å². The van der Waals surface area contributed by atoms with Crippen LogP contribution < -0.4 is 5.32 Å². The molecule has 1 N–H and O–H groups in total. The van der Waals surface area contributed by atoms with Gasteiger partial charge < -0.3 is 14.5 Å². The highest BCUT2D eigenvalue weighted by molar-refractivity contribution is 7.88. The van der Waals surface area contributed by atoms with Crippen molar-refractivity contribution in [3.8, 4) is 0 Å². The minimum Gasteiger partial charge on any atom is -0.467 e. The normalized spacial score (nSPS) is 15.8. The highest BCUT2D eigenvalue weighted by atomic mass is 32.2. The van der Waals surface area contributed by atoms with Crippen LogP contribution in [-0.2, 0) is 27.1 Å². The summed E-state index contributed by atoms with van der Waals surface area (Å²) < 4.78 is 36.6. The van der Waals surface area contributed by atoms with Gasteiger partial charge in [-0.1, -0.05) is 12.1 Å². The number of morpholine rings is 1. The standard InChI is InChI=1S/C17H20N2O5S/c20-17(18-12-16-2-1-9-24-16)15-5-3-14(4-6-15)13-25(21,22)19-7-10-23-11-8-19/h1-6,9H,7-8,10-13H2,(H,18,20). The number of carbonyl (C=O) groups excluding carboxylic acids is 1. The van der Waals surface area contributed by atoms with E-state index < -0.39 is 10.0 Å². The number of amides is 1. The van der Waals surface area contributed by atoms with E-state index in [0.29, 0.717) is 49.7 Å². The molecule has 134 valence electrons. The smallest absolute Gasteiger partial charge is 0.251 e. The molecule has 25 heavy (non-hydrogen) atoms. The van der Waals surface area contributed by atoms with Crippen LogP contribution >= 0.6 is 0 Å². The highest BCUT2D eigenvalue weighted by Crippen LogP contribution is 2.14. The maximum absolute atomic E-state index is 12.4. The van der Waals surface area contributed by atoms with Gasteiger partial charge >= 0.3 is 0 Å². The molecule has 8 heteroatoms. The number of furan rings is 1. The molecule has 0 spiro atoms. The quantitative estimate of drug-likeness (QED) is 0.836. The van der Waals surface area contributed by atoms with Gasteiger partial charge in [0.25, 0.3) is 5.91 Å². The van der Waals surface area contributed by atoms with Gasteiger partial charge in [-0.05, 0) is 29.8 Å². The summed E-state index contributed by atoms with van der Waals surface area (Å²) in [5, 5.41) is 2.75. The van der Waals surface area contributed by atoms with Crippen molar-refractivity contribution in [3.05, 3.63) is 59.5 Å². The van der Waals surface area contributed by atoms with Gasteiger partial charge in [0, 0.05) is 18.7 Å². The number of sulfonamides is 1. The third-order valence-electron chi connectivity index (χ3n) is 3.93. The van der Waals surface area contributed by atoms with Crippen molar-refractivity contribution < 1.29 is 22.4 Å². The summed E-state index contributed by atoms with van der Waals surface area (Å²) in [6.45, 7) is 1.92. The number of rotatable bonds is 6. The van der Waals surface area contributed by atoms with E-state index in [1.807, 2.05) is 0 Å². The van der Waals surface area contributed by atoms with Crippen molar-refractivity contribution in [2.45, 2.75) is 12.3 Å². The number of nitrogens with zero attached hydrogens (tertiary/aromatic N) is 1. The molecule has 1 aliphatic rings. The Morgan fingerprint density at radius 1 is 1.12 bits per heavy atom. The van der Waals surface area contributed by atoms with Crippen LogP contribution in [0.2, 0.25) is 0 Å². The molecule has 1 amide bonds. The Bertz CT molecular complexity index is 794. The second-order valence-corrected chi connectivity index (χ2v) is 7.70. The maximum atomic E-state index is 12.4. The minimum absolute atomic E-state index is 0.0820. The summed E-state index contributed by atoms with van der Waals surface area (Å²) in [7, 11) is -3.37. The zero-order valence-electron chi connectivity index (χ0n) is 13.7. The van der Waals surface area contributed by atoms with Crippen molar-refractivity contribution in [2.24, 2.45) is 0 Å². The Kier molecular flexibility index (Phi) is 5.52. The first-order chi connectivity index (χ1) is 12.0. The Morgan fingerprint density at radius 2 is 1.84 bits per heavy atom. The van der Waals surface area contributed by atoms with Crippen LogP contribution in [0.1, 0.15) is 21.7 Å². The molecule has 1 saturated heterocycles. The predicted molar refractivity (Wildman–Crippen MR) is 91.3 cm³/mol. The second-order valence-electron chi connectivity index (χ2n) is 5.73. The summed E-state index contributed by atoms with van der Waals surface area (Å²) in [5.74, 6) is 0.349. The van der Waals surface area contributed by atoms with E-state index in [9.17, 15) is 13.2 Å². The molecule has 7 nitrogen and oxygen atoms in total. The maximum Gasteiger partial charge on any atom is 0.251 e. The Balaban J connectivity index is 1.58. The minimum atomic E-state index is -3.37. The van der Waals surface area contributed by atoms with Gasteiger partial charge in [-0.15, -0.1) is 0 Å². The lowest BCUT2D eigenvalue weighted by Gasteiger charge is -2.26. The lowest BCUT2D eigenvalue weighted by atomic mass is 10.1. The third kappa shape index (κ3) is 4.68. The van der Waals surface area contributed by atoms with Crippen LogP contribution in [0.3, 0.4) is 0 Å². The van der Waals surface area contributed by atoms with E-state index in [1.165, 1.54) is 4.31 Å². The van der Waals surface area contributed by atoms with Crippen molar-refractivity contribution in [1.82, 2.24) is 9.62 Å². The first-order valence-electron chi connectivity index (χ1n) is 8.00. The number of benzene rings is 1. The Hall–Kier alpha value is -2.16. The van der Waals surface area contributed by atoms with E-state index in [0.717, 1.165) is 0 Å². The highest BCUT2D eigenvalue weighted by Gasteiger charge is 2.24. The largest absolute Gasteiger partial charge is 0.467 e. The molecule has 1 aliphatic heterocycles. The molecule has 0 atom stereocenters. The molecule has 0 aliphatic carbocycles. The van der Waals surface area contributed by atoms with Crippen LogP contribution in [0.5, 0.6) is 0 Å². The molecule has 3 rings (SSSR count). The van der Waals surface area contributed by atoms with Crippen molar-refractivity contribution in [1.29, 1.82) is 0 Å². The lowest BCUT2D eigenvalue weighted by molar-refractivity contribution is 0.0729. The van der Waals surface area contributed by atoms with E-state index in [2.05, 4.69) is 5.32 Å². The van der Waals surface area contributed by atoms with Crippen LogP contribution in [-0.4, -0.2) is 44.9 Å². The van der Waals surface area contributed by atoms with Crippen molar-refractivity contribution in [2.75, 3.05) is 26.3 Å². The van der Waals surface area contributed by atoms with Gasteiger partial charge in [-0.3, -0.25) is 4.79 Å². The van der Waals surface area contributed by atoms with Crippen LogP contribution in [0.15, 0.2) is 47.1 Å². The van der Waals surface area contributed by atoms with Crippen LogP contribution in [0.25, 0.3) is 0 Å². The van der Waals surface area contributed by atoms with Crippen molar-refractivity contribution >= 4 is 15.9 Å². The van der Waals surface area contributed by atoms with E-state index >= 15 is 0 Å². The molecule has 1 fully saturated rings. The summed E-state index contributed by atoms with van der Waals surface area (Å²) >= 11 is 0. The number of ether oxygens (including phenoxy) is 1. The Morgan fingerprint density at radius 3 is 2.48 bits per heavy atom. The average Bonchev–Trinajstić information content (AvgIpc) is 3.14. The Labute approximate surface area is 146 Å². The predicted octanol–water partition coefficient (Wildman–Crippen LogP) is 1.37. The first-order valence-corrected chi connectivity index (χ1v) is 9.60. The summed E-state index contributed by atoms with van der Waals surface area (Å²) in [6, 6.07) is 10.1. The summed E-state index contributed by atoms with van der Waals surface area (Å²) in [5.41, 5.74) is 1.12. The topological polar surface area (TPSA) is 88.8 Å². The molecular weight excluding hydrogens is 344 g/mol. The zero-order valence-corrected chi connectivity index (χ0v) is 14.5. The number of carbonyl (C=O) groups is 1. The van der Waals surface area contributed by atoms with Crippen LogP contribution in [0.4, 0.5) is 0 Å². The fourth-order valence-corrected chi connectivity index (χ4v) is 4.06. The van der Waals surface area contributed by atoms with Gasteiger partial charge in [0.05, 0.1) is 31.8 Å². The number of nitrogens with one attached hydrogen (secondary N) is 1. The fourth-order valence-electron chi connectivity index (χ4n) is 2.56. The molecule has 2 aromatic rings. The van der Waals surface area contributed by atoms with Gasteiger partial charge in [0.1, 0.15) is 5.76 Å². The molecule has 1 aromatic carbocycles. The van der Waals surface area contributed by atoms with Crippen LogP contribution in [0, 0.1) is 0 Å². The SMILES string of the molecule is O=C(NCc1ccco1)c1ccc(CS(=O)(=O)N2CCOCC2)cc1. The van der Waals surface area contributed by atoms with E-state index in [4.69, 9.17) is 9.15 Å². The monoisotopic (exact) mass is 364 g/mol. The van der Waals surface area contributed by atoms with E-state index in [-0.39, 0.29) is 11.7 Å². The molecule has 1 aromatic heterocycles. The van der Waals surface area contributed by atoms with Gasteiger partial charge in [-0.25, -0.2) is 8.42 Å². The van der Waals surface area contributed by atoms with E-state index in [1.54, 1.807) is 42.7 Å². The van der Waals surface area contributed by atoms with Crippen molar-refractivity contribution in [3.63, 3.8) is 0 Å². The molecule has 0 unspecified atom stereocenters. The fraction of sp³-hybridized carbons (Fsp3) is 0.353. The lowest BCUT2D eigenvalue weighted by Crippen LogP contribution is -2.41. The van der Waals surface area contributed by atoms with Gasteiger partial charge in [0.15, 0.2) is 0 Å². The molecule has 0 radical (unpaired) electrons. The molecule has 0 saturated carbocycles. The second kappa shape index (κ2) is 7.81. The van der Waals surface area contributed by atoms with Gasteiger partial charge in [0.2, 0.25) is 10.0 Å². The zero-order chi connectivity index (χ0) is 17.7. The molecule has 2 heterocycles. The number of hydrogen-bond donors (Lipinski definition) is 1. The average molecular weight is 364 g/mol. The molecular formula is C17H20N2O5S. The molecule has 0 bridgehead atoms. The first kappa shape index (κ1) is 17.7. The summed E-state index contributed by atoms with van der Waals surface area (Å²) in [6.07, 6.45) is 1.55. The number of hydrogen-bond acceptors (Lipinski definition) is 5. The summed E-state index contributed by atoms with van der Waals surface area (Å²) in [4.78, 5) is 12.1.